The van der Waals surface area contributed by atoms with E-state index in [1.807, 2.05) is 6.07 Å². The lowest BCUT2D eigenvalue weighted by Crippen LogP contribution is -2.44. The zero-order valence-electron chi connectivity index (χ0n) is 8.34. The Kier molecular flexibility index (Phi) is 2.96. The van der Waals surface area contributed by atoms with Gasteiger partial charge in [-0.1, -0.05) is 30.3 Å². The molecule has 1 aromatic carbocycles. The quantitative estimate of drug-likeness (QED) is 0.721. The molecule has 0 aliphatic carbocycles. The van der Waals surface area contributed by atoms with Crippen molar-refractivity contribution >= 4 is 14.0 Å². The number of carboxylic acid groups (broad SMARTS) is 1. The number of rotatable bonds is 3. The van der Waals surface area contributed by atoms with Crippen LogP contribution in [-0.4, -0.2) is 37.5 Å². The van der Waals surface area contributed by atoms with Crippen LogP contribution in [0.15, 0.2) is 30.3 Å². The molecule has 1 atom stereocenters. The topological polar surface area (TPSA) is 37.3 Å². The van der Waals surface area contributed by atoms with Gasteiger partial charge in [0, 0.05) is 19.7 Å². The van der Waals surface area contributed by atoms with Crippen LogP contribution in [0.3, 0.4) is 0 Å². The summed E-state index contributed by atoms with van der Waals surface area (Å²) in [5.41, 5.74) is 0.715. The fourth-order valence-electron chi connectivity index (χ4n) is 1.45. The highest BCUT2D eigenvalue weighted by Crippen LogP contribution is 2.22. The summed E-state index contributed by atoms with van der Waals surface area (Å²) in [4.78, 5) is 11.1. The van der Waals surface area contributed by atoms with Crippen molar-refractivity contribution in [3.63, 3.8) is 0 Å². The van der Waals surface area contributed by atoms with E-state index in [2.05, 4.69) is 0 Å². The molecular formula is C10H13BNO2. The molecule has 73 valence electrons. The molecule has 0 fully saturated rings. The van der Waals surface area contributed by atoms with Crippen molar-refractivity contribution in [3.8, 4) is 0 Å². The van der Waals surface area contributed by atoms with Gasteiger partial charge in [-0.3, -0.25) is 0 Å². The highest BCUT2D eigenvalue weighted by Gasteiger charge is 2.25. The Morgan fingerprint density at radius 1 is 1.36 bits per heavy atom. The summed E-state index contributed by atoms with van der Waals surface area (Å²) in [5.74, 6) is -0.913. The third kappa shape index (κ3) is 2.36. The van der Waals surface area contributed by atoms with Gasteiger partial charge < -0.3 is 9.50 Å². The molecule has 4 heteroatoms. The number of benzene rings is 1. The van der Waals surface area contributed by atoms with Gasteiger partial charge in [0.1, 0.15) is 0 Å². The smallest absolute Gasteiger partial charge is 0.362 e. The summed E-state index contributed by atoms with van der Waals surface area (Å²) in [6.07, 6.45) is 0. The van der Waals surface area contributed by atoms with E-state index in [1.54, 1.807) is 38.4 Å². The van der Waals surface area contributed by atoms with Gasteiger partial charge in [0.25, 0.3) is 0 Å². The van der Waals surface area contributed by atoms with Crippen LogP contribution in [0.2, 0.25) is 0 Å². The van der Waals surface area contributed by atoms with Gasteiger partial charge in [-0.05, 0) is 0 Å². The number of quaternary nitrogens is 1. The van der Waals surface area contributed by atoms with Gasteiger partial charge in [0.2, 0.25) is 0 Å². The first-order valence-corrected chi connectivity index (χ1v) is 4.33. The van der Waals surface area contributed by atoms with Crippen LogP contribution in [0, 0.1) is 0 Å². The molecular weight excluding hydrogens is 177 g/mol. The third-order valence-corrected chi connectivity index (χ3v) is 2.01. The fraction of sp³-hybridized carbons (Fsp3) is 0.300. The van der Waals surface area contributed by atoms with Crippen molar-refractivity contribution < 1.29 is 14.3 Å². The summed E-state index contributed by atoms with van der Waals surface area (Å²) in [7, 11) is 9.09. The summed E-state index contributed by atoms with van der Waals surface area (Å²) >= 11 is 0. The summed E-state index contributed by atoms with van der Waals surface area (Å²) in [5, 5.41) is 9.07. The SMILES string of the molecule is [B-][N+](C)(C)C(C(=O)O)c1ccccc1. The van der Waals surface area contributed by atoms with Gasteiger partial charge in [0.05, 0.1) is 0 Å². The number of hydrogen-bond donors (Lipinski definition) is 1. The minimum absolute atomic E-state index is 0.112. The average Bonchev–Trinajstić information content (AvgIpc) is 2.02. The van der Waals surface area contributed by atoms with Gasteiger partial charge in [-0.15, -0.1) is 0 Å². The third-order valence-electron chi connectivity index (χ3n) is 2.01. The Balaban J connectivity index is 3.08. The van der Waals surface area contributed by atoms with Crippen molar-refractivity contribution in [2.45, 2.75) is 6.04 Å². The molecule has 0 aliphatic rings. The van der Waals surface area contributed by atoms with Crippen LogP contribution in [0.25, 0.3) is 0 Å². The lowest BCUT2D eigenvalue weighted by molar-refractivity contribution is -0.798. The molecule has 0 aromatic heterocycles. The lowest BCUT2D eigenvalue weighted by Gasteiger charge is -2.46. The van der Waals surface area contributed by atoms with Crippen LogP contribution in [0.1, 0.15) is 11.6 Å². The van der Waals surface area contributed by atoms with E-state index in [0.717, 1.165) is 0 Å². The molecule has 1 unspecified atom stereocenters. The Morgan fingerprint density at radius 2 is 1.86 bits per heavy atom. The number of carbonyl (C=O) groups is 1. The standard InChI is InChI=1S/C10H12BNO2/c1-12(2,11)9(10(13)14)8-6-4-3-5-7-8/h3-7,9H,1-2H3/q-1/p+1. The van der Waals surface area contributed by atoms with Crippen LogP contribution >= 0.6 is 0 Å². The molecule has 0 amide bonds. The van der Waals surface area contributed by atoms with Crippen molar-refractivity contribution in [3.05, 3.63) is 35.9 Å². The number of aliphatic carboxylic acids is 1. The lowest BCUT2D eigenvalue weighted by atomic mass is 10.0. The van der Waals surface area contributed by atoms with Crippen molar-refractivity contribution in [1.29, 1.82) is 0 Å². The van der Waals surface area contributed by atoms with E-state index < -0.39 is 12.0 Å². The molecule has 0 saturated carbocycles. The number of likely N-dealkylation sites (N-methyl/N-ethyl adjacent to an activating group) is 1. The maximum Gasteiger partial charge on any atom is 0.362 e. The minimum Gasteiger partial charge on any atom is -0.578 e. The molecule has 14 heavy (non-hydrogen) atoms. The number of carboxylic acids is 1. The highest BCUT2D eigenvalue weighted by molar-refractivity contribution is 5.98. The zero-order valence-corrected chi connectivity index (χ0v) is 8.34. The Hall–Kier alpha value is -1.29. The molecule has 3 nitrogen and oxygen atoms in total. The number of nitrogens with zero attached hydrogens (tertiary/aromatic N) is 1. The van der Waals surface area contributed by atoms with E-state index in [1.165, 1.54) is 0 Å². The molecule has 0 bridgehead atoms. The predicted molar refractivity (Wildman–Crippen MR) is 54.7 cm³/mol. The normalized spacial score (nSPS) is 13.6. The molecule has 1 N–H and O–H groups in total. The predicted octanol–water partition coefficient (Wildman–Crippen LogP) is 0.972. The van der Waals surface area contributed by atoms with Gasteiger partial charge in [-0.2, -0.15) is 0 Å². The van der Waals surface area contributed by atoms with Crippen molar-refractivity contribution in [2.75, 3.05) is 14.1 Å². The van der Waals surface area contributed by atoms with Crippen LogP contribution in [-0.2, 0) is 4.79 Å². The maximum absolute atomic E-state index is 11.1. The Labute approximate surface area is 85.0 Å². The maximum atomic E-state index is 11.1. The molecule has 1 aromatic rings. The monoisotopic (exact) mass is 190 g/mol. The molecule has 1 rings (SSSR count). The summed E-state index contributed by atoms with van der Waals surface area (Å²) < 4.78 is -0.112. The summed E-state index contributed by atoms with van der Waals surface area (Å²) in [6.45, 7) is 0. The Morgan fingerprint density at radius 3 is 2.21 bits per heavy atom. The van der Waals surface area contributed by atoms with Gasteiger partial charge >= 0.3 is 5.97 Å². The second-order valence-corrected chi connectivity index (χ2v) is 3.78. The van der Waals surface area contributed by atoms with Crippen molar-refractivity contribution in [1.82, 2.24) is 0 Å². The second kappa shape index (κ2) is 3.84. The first kappa shape index (κ1) is 10.8. The van der Waals surface area contributed by atoms with Gasteiger partial charge in [-0.25, -0.2) is 12.8 Å². The van der Waals surface area contributed by atoms with Crippen LogP contribution < -0.4 is 0 Å². The van der Waals surface area contributed by atoms with Crippen LogP contribution in [0.5, 0.6) is 0 Å². The molecule has 0 spiro atoms. The van der Waals surface area contributed by atoms with Crippen molar-refractivity contribution in [2.24, 2.45) is 0 Å². The zero-order chi connectivity index (χ0) is 10.8. The highest BCUT2D eigenvalue weighted by atomic mass is 16.4. The average molecular weight is 190 g/mol. The molecule has 0 saturated heterocycles. The van der Waals surface area contributed by atoms with E-state index in [0.29, 0.717) is 5.56 Å². The van der Waals surface area contributed by atoms with Crippen LogP contribution in [0.4, 0.5) is 0 Å². The first-order valence-electron chi connectivity index (χ1n) is 4.33. The number of hydrogen-bond acceptors (Lipinski definition) is 1. The van der Waals surface area contributed by atoms with E-state index in [4.69, 9.17) is 13.1 Å². The Bertz CT molecular complexity index is 319. The molecule has 0 aliphatic heterocycles. The largest absolute Gasteiger partial charge is 0.578 e. The minimum atomic E-state index is -0.913. The van der Waals surface area contributed by atoms with E-state index in [-0.39, 0.29) is 4.39 Å². The first-order chi connectivity index (χ1) is 6.43. The summed E-state index contributed by atoms with van der Waals surface area (Å²) in [6, 6.07) is 8.27. The molecule has 3 radical (unpaired) electrons. The second-order valence-electron chi connectivity index (χ2n) is 3.78. The van der Waals surface area contributed by atoms with E-state index >= 15 is 0 Å². The fourth-order valence-corrected chi connectivity index (χ4v) is 1.45. The molecule has 0 heterocycles. The van der Waals surface area contributed by atoms with Gasteiger partial charge in [0.15, 0.2) is 6.04 Å². The van der Waals surface area contributed by atoms with E-state index in [9.17, 15) is 4.79 Å².